The fourth-order valence-corrected chi connectivity index (χ4v) is 3.28. The third kappa shape index (κ3) is 5.22. The Morgan fingerprint density at radius 2 is 2.28 bits per heavy atom. The second-order valence-corrected chi connectivity index (χ2v) is 7.38. The van der Waals surface area contributed by atoms with Gasteiger partial charge in [-0.1, -0.05) is 32.7 Å². The fourth-order valence-electron chi connectivity index (χ4n) is 2.76. The number of nitrogens with zero attached hydrogens (tertiary/aromatic N) is 4. The first-order chi connectivity index (χ1) is 13.9. The number of alkyl halides is 1. The lowest BCUT2D eigenvalue weighted by Crippen LogP contribution is -2.36. The molecule has 0 saturated carbocycles. The quantitative estimate of drug-likeness (QED) is 0.518. The Bertz CT molecular complexity index is 1050. The first-order valence-corrected chi connectivity index (χ1v) is 10.1. The number of amides is 1. The molecule has 2 aromatic heterocycles. The van der Waals surface area contributed by atoms with Crippen LogP contribution >= 0.6 is 27.5 Å². The molecule has 0 spiro atoms. The zero-order chi connectivity index (χ0) is 21.0. The summed E-state index contributed by atoms with van der Waals surface area (Å²) in [5, 5.41) is 20.6. The Hall–Kier alpha value is -2.70. The number of nitrogens with one attached hydrogen (secondary N) is 1. The van der Waals surface area contributed by atoms with Crippen molar-refractivity contribution in [2.24, 2.45) is 0 Å². The van der Waals surface area contributed by atoms with Crippen LogP contribution in [-0.2, 0) is 23.1 Å². The third-order valence-electron chi connectivity index (χ3n) is 4.04. The summed E-state index contributed by atoms with van der Waals surface area (Å²) in [5.41, 5.74) is 1.35. The van der Waals surface area contributed by atoms with Gasteiger partial charge in [0.05, 0.1) is 34.7 Å². The molecule has 7 nitrogen and oxygen atoms in total. The van der Waals surface area contributed by atoms with Crippen molar-refractivity contribution in [2.75, 3.05) is 0 Å². The van der Waals surface area contributed by atoms with Crippen molar-refractivity contribution in [3.63, 3.8) is 0 Å². The highest BCUT2D eigenvalue weighted by molar-refractivity contribution is 9.08. The van der Waals surface area contributed by atoms with Gasteiger partial charge in [-0.3, -0.25) is 9.48 Å². The number of carbonyl (C=O) groups is 1. The van der Waals surface area contributed by atoms with Crippen LogP contribution < -0.4 is 5.32 Å². The van der Waals surface area contributed by atoms with Crippen molar-refractivity contribution in [2.45, 2.75) is 31.3 Å². The number of rotatable bonds is 7. The topological polar surface area (TPSA) is 96.7 Å². The minimum atomic E-state index is -0.693. The maximum atomic E-state index is 14.0. The van der Waals surface area contributed by atoms with Gasteiger partial charge in [-0.25, -0.2) is 4.39 Å². The van der Waals surface area contributed by atoms with E-state index in [0.29, 0.717) is 34.6 Å². The van der Waals surface area contributed by atoms with E-state index in [0.717, 1.165) is 0 Å². The van der Waals surface area contributed by atoms with Gasteiger partial charge in [0.25, 0.3) is 0 Å². The van der Waals surface area contributed by atoms with E-state index in [1.165, 1.54) is 12.1 Å². The zero-order valence-corrected chi connectivity index (χ0v) is 17.7. The number of nitriles is 1. The first-order valence-electron chi connectivity index (χ1n) is 8.62. The minimum Gasteiger partial charge on any atom is -0.360 e. The molecule has 0 bridgehead atoms. The fraction of sp³-hybridized carbons (Fsp3) is 0.263. The summed E-state index contributed by atoms with van der Waals surface area (Å²) in [6.07, 6.45) is 1.84. The van der Waals surface area contributed by atoms with Gasteiger partial charge in [0, 0.05) is 23.9 Å². The zero-order valence-electron chi connectivity index (χ0n) is 15.3. The molecule has 0 saturated heterocycles. The summed E-state index contributed by atoms with van der Waals surface area (Å²) < 4.78 is 20.6. The molecule has 0 fully saturated rings. The Balaban J connectivity index is 1.61. The standard InChI is InChI=1S/C19H16BrClFN5O2/c1-11(24-19(28)7-13-6-14(8-20)29-26-13)10-27-3-2-18(25-27)12-4-16(21)15(9-23)17(22)5-12/h2-6,11H,7-8,10H2,1H3,(H,24,28)/t11-/m0/s1. The van der Waals surface area contributed by atoms with Gasteiger partial charge in [0.2, 0.25) is 5.91 Å². The van der Waals surface area contributed by atoms with E-state index in [1.54, 1.807) is 29.1 Å². The average Bonchev–Trinajstić information content (AvgIpc) is 3.30. The van der Waals surface area contributed by atoms with Crippen molar-refractivity contribution in [1.29, 1.82) is 5.26 Å². The van der Waals surface area contributed by atoms with E-state index in [1.807, 2.05) is 6.92 Å². The molecule has 3 rings (SSSR count). The summed E-state index contributed by atoms with van der Waals surface area (Å²) in [6.45, 7) is 2.27. The smallest absolute Gasteiger partial charge is 0.226 e. The largest absolute Gasteiger partial charge is 0.360 e. The van der Waals surface area contributed by atoms with E-state index < -0.39 is 5.82 Å². The Kier molecular flexibility index (Phi) is 6.67. The second-order valence-electron chi connectivity index (χ2n) is 6.41. The van der Waals surface area contributed by atoms with Crippen LogP contribution in [0.5, 0.6) is 0 Å². The Morgan fingerprint density at radius 3 is 2.93 bits per heavy atom. The van der Waals surface area contributed by atoms with E-state index in [9.17, 15) is 9.18 Å². The molecule has 0 aliphatic rings. The van der Waals surface area contributed by atoms with E-state index in [-0.39, 0.29) is 29.0 Å². The van der Waals surface area contributed by atoms with Crippen molar-refractivity contribution >= 4 is 33.4 Å². The minimum absolute atomic E-state index is 0.0357. The predicted molar refractivity (Wildman–Crippen MR) is 108 cm³/mol. The molecule has 150 valence electrons. The molecule has 10 heteroatoms. The van der Waals surface area contributed by atoms with Crippen LogP contribution in [0.15, 0.2) is 35.0 Å². The van der Waals surface area contributed by atoms with Crippen LogP contribution in [0.1, 0.15) is 23.9 Å². The number of hydrogen-bond donors (Lipinski definition) is 1. The van der Waals surface area contributed by atoms with E-state index in [2.05, 4.69) is 31.5 Å². The summed E-state index contributed by atoms with van der Waals surface area (Å²) in [4.78, 5) is 12.2. The summed E-state index contributed by atoms with van der Waals surface area (Å²) in [5.74, 6) is -0.217. The van der Waals surface area contributed by atoms with Gasteiger partial charge in [-0.2, -0.15) is 10.4 Å². The van der Waals surface area contributed by atoms with Crippen LogP contribution in [0.25, 0.3) is 11.3 Å². The molecule has 2 heterocycles. The number of benzene rings is 1. The van der Waals surface area contributed by atoms with E-state index in [4.69, 9.17) is 21.4 Å². The molecule has 1 aromatic carbocycles. The van der Waals surface area contributed by atoms with Gasteiger partial charge in [0.1, 0.15) is 23.2 Å². The lowest BCUT2D eigenvalue weighted by atomic mass is 10.1. The number of halogens is 3. The maximum Gasteiger partial charge on any atom is 0.226 e. The third-order valence-corrected chi connectivity index (χ3v) is 4.89. The highest BCUT2D eigenvalue weighted by Gasteiger charge is 2.14. The Labute approximate surface area is 179 Å². The van der Waals surface area contributed by atoms with Crippen LogP contribution in [0, 0.1) is 17.1 Å². The van der Waals surface area contributed by atoms with Crippen molar-refractivity contribution in [1.82, 2.24) is 20.3 Å². The van der Waals surface area contributed by atoms with Gasteiger partial charge < -0.3 is 9.84 Å². The SMILES string of the molecule is C[C@@H](Cn1ccc(-c2cc(F)c(C#N)c(Cl)c2)n1)NC(=O)Cc1cc(CBr)on1. The molecular formula is C19H16BrClFN5O2. The Morgan fingerprint density at radius 1 is 1.48 bits per heavy atom. The summed E-state index contributed by atoms with van der Waals surface area (Å²) in [6, 6.07) is 7.69. The molecule has 0 aliphatic heterocycles. The van der Waals surface area contributed by atoms with Crippen LogP contribution in [0.2, 0.25) is 5.02 Å². The molecule has 1 amide bonds. The number of hydrogen-bond acceptors (Lipinski definition) is 5. The molecule has 1 atom stereocenters. The summed E-state index contributed by atoms with van der Waals surface area (Å²) in [7, 11) is 0. The van der Waals surface area contributed by atoms with Crippen LogP contribution in [0.3, 0.4) is 0 Å². The van der Waals surface area contributed by atoms with Crippen LogP contribution in [0.4, 0.5) is 4.39 Å². The van der Waals surface area contributed by atoms with Crippen molar-refractivity contribution in [3.05, 3.63) is 58.3 Å². The predicted octanol–water partition coefficient (Wildman–Crippen LogP) is 3.84. The molecule has 1 N–H and O–H groups in total. The van der Waals surface area contributed by atoms with E-state index >= 15 is 0 Å². The maximum absolute atomic E-state index is 14.0. The molecule has 0 unspecified atom stereocenters. The lowest BCUT2D eigenvalue weighted by molar-refractivity contribution is -0.121. The highest BCUT2D eigenvalue weighted by atomic mass is 79.9. The first kappa shape index (κ1) is 21.0. The second kappa shape index (κ2) is 9.20. The number of aromatic nitrogens is 3. The lowest BCUT2D eigenvalue weighted by Gasteiger charge is -2.13. The van der Waals surface area contributed by atoms with Crippen LogP contribution in [-0.4, -0.2) is 26.9 Å². The molecule has 0 aliphatic carbocycles. The highest BCUT2D eigenvalue weighted by Crippen LogP contribution is 2.26. The van der Waals surface area contributed by atoms with Gasteiger partial charge in [-0.15, -0.1) is 0 Å². The number of carbonyl (C=O) groups excluding carboxylic acids is 1. The monoisotopic (exact) mass is 479 g/mol. The van der Waals surface area contributed by atoms with Gasteiger partial charge in [0.15, 0.2) is 0 Å². The average molecular weight is 481 g/mol. The molecule has 3 aromatic rings. The molecular weight excluding hydrogens is 465 g/mol. The van der Waals surface area contributed by atoms with Crippen molar-refractivity contribution < 1.29 is 13.7 Å². The molecule has 29 heavy (non-hydrogen) atoms. The van der Waals surface area contributed by atoms with Crippen molar-refractivity contribution in [3.8, 4) is 17.3 Å². The molecule has 0 radical (unpaired) electrons. The summed E-state index contributed by atoms with van der Waals surface area (Å²) >= 11 is 9.21. The van der Waals surface area contributed by atoms with Gasteiger partial charge >= 0.3 is 0 Å². The normalized spacial score (nSPS) is 11.8. The van der Waals surface area contributed by atoms with Gasteiger partial charge in [-0.05, 0) is 25.1 Å².